The van der Waals surface area contributed by atoms with Gasteiger partial charge < -0.3 is 51.2 Å². The molecule has 4 amide bonds. The number of carbonyl (C=O) groups excluding carboxylic acids is 4. The Hall–Kier alpha value is -6.82. The van der Waals surface area contributed by atoms with Crippen molar-refractivity contribution in [2.75, 3.05) is 71.6 Å². The lowest BCUT2D eigenvalue weighted by atomic mass is 9.54. The SMILES string of the molecule is C.C.C.CC(=Cc1ccc(C)cc1)c1ccc(N2CCN(C3COC3)CC2)nc1.CCC1CCC1(F)C(C)(C)[C@H](NC(=O)OC)C(=O)NC[C@@H](O)CNCc1c(F)cc(-c2cc(F)ccn2)cc1F.COC(=O)N[C@H](C(N)=O)C(C)(C)C(C)(F)F.[HH].[HH].[HH]. The zero-order valence-corrected chi connectivity index (χ0v) is 48.3. The maximum Gasteiger partial charge on any atom is 0.407 e. The summed E-state index contributed by atoms with van der Waals surface area (Å²) in [5, 5.41) is 20.0. The molecule has 480 valence electrons. The number of ether oxygens (including phenoxy) is 3. The Labute approximate surface area is 502 Å². The first-order valence-electron chi connectivity index (χ1n) is 27.2. The van der Waals surface area contributed by atoms with Crippen LogP contribution in [0.15, 0.2) is 73.1 Å². The number of benzene rings is 2. The molecule has 2 aromatic heterocycles. The van der Waals surface area contributed by atoms with E-state index in [1.165, 1.54) is 28.5 Å². The lowest BCUT2D eigenvalue weighted by molar-refractivity contribution is -0.147. The summed E-state index contributed by atoms with van der Waals surface area (Å²) in [7, 11) is 2.19. The smallest absolute Gasteiger partial charge is 0.407 e. The number of aliphatic hydroxyl groups excluding tert-OH is 1. The lowest BCUT2D eigenvalue weighted by Crippen LogP contribution is -2.66. The van der Waals surface area contributed by atoms with Gasteiger partial charge in [-0.3, -0.25) is 19.5 Å². The lowest BCUT2D eigenvalue weighted by Gasteiger charge is -2.54. The highest BCUT2D eigenvalue weighted by atomic mass is 19.3. The number of pyridine rings is 2. The molecule has 2 unspecified atom stereocenters. The predicted molar refractivity (Wildman–Crippen MR) is 327 cm³/mol. The van der Waals surface area contributed by atoms with Crippen molar-refractivity contribution in [3.05, 3.63) is 113 Å². The van der Waals surface area contributed by atoms with Crippen LogP contribution in [0.2, 0.25) is 0 Å². The molecule has 23 heteroatoms. The molecule has 3 aliphatic rings. The number of carbonyl (C=O) groups is 4. The van der Waals surface area contributed by atoms with E-state index in [0.29, 0.717) is 25.8 Å². The van der Waals surface area contributed by atoms with E-state index in [1.807, 2.05) is 18.4 Å². The average Bonchev–Trinajstić information content (AvgIpc) is 3.60. The van der Waals surface area contributed by atoms with Crippen LogP contribution in [0.1, 0.15) is 117 Å². The van der Waals surface area contributed by atoms with E-state index in [0.717, 1.165) is 97.5 Å². The van der Waals surface area contributed by atoms with Crippen LogP contribution in [0.4, 0.5) is 41.7 Å². The summed E-state index contributed by atoms with van der Waals surface area (Å²) in [4.78, 5) is 60.6. The number of hydrogen-bond donors (Lipinski definition) is 6. The molecule has 17 nitrogen and oxygen atoms in total. The number of hydrogen-bond acceptors (Lipinski definition) is 13. The molecule has 5 atom stereocenters. The summed E-state index contributed by atoms with van der Waals surface area (Å²) in [6, 6.07) is 15.1. The van der Waals surface area contributed by atoms with Crippen LogP contribution in [0.25, 0.3) is 22.9 Å². The van der Waals surface area contributed by atoms with Crippen molar-refractivity contribution in [3.63, 3.8) is 0 Å². The fraction of sp³-hybridized carbons (Fsp3) is 0.548. The molecular formula is C62H97F6N9O8. The van der Waals surface area contributed by atoms with Crippen molar-refractivity contribution in [3.8, 4) is 11.3 Å². The second kappa shape index (κ2) is 32.6. The molecule has 4 heterocycles. The summed E-state index contributed by atoms with van der Waals surface area (Å²) in [5.41, 5.74) is 5.00. The number of rotatable bonds is 20. The van der Waals surface area contributed by atoms with Gasteiger partial charge in [0.05, 0.1) is 50.7 Å². The van der Waals surface area contributed by atoms with E-state index in [4.69, 9.17) is 15.5 Å². The third-order valence-corrected chi connectivity index (χ3v) is 15.9. The minimum Gasteiger partial charge on any atom is -0.453 e. The van der Waals surface area contributed by atoms with Crippen LogP contribution in [-0.2, 0) is 30.3 Å². The number of amides is 4. The number of allylic oxidation sites excluding steroid dienone is 1. The summed E-state index contributed by atoms with van der Waals surface area (Å²) < 4.78 is 99.3. The highest BCUT2D eigenvalue weighted by molar-refractivity contribution is 5.87. The number of methoxy groups -OCH3 is 2. The topological polar surface area (TPSA) is 223 Å². The van der Waals surface area contributed by atoms with Crippen LogP contribution in [0.3, 0.4) is 0 Å². The van der Waals surface area contributed by atoms with E-state index in [1.54, 1.807) is 13.8 Å². The van der Waals surface area contributed by atoms with Gasteiger partial charge in [0.15, 0.2) is 0 Å². The minimum absolute atomic E-state index is 0. The number of aryl methyl sites for hydroxylation is 1. The first kappa shape index (κ1) is 74.3. The van der Waals surface area contributed by atoms with Crippen molar-refractivity contribution >= 4 is 41.5 Å². The number of alkyl halides is 3. The van der Waals surface area contributed by atoms with Gasteiger partial charge in [-0.15, -0.1) is 0 Å². The van der Waals surface area contributed by atoms with Crippen LogP contribution in [-0.4, -0.2) is 146 Å². The Bertz CT molecular complexity index is 2810. The summed E-state index contributed by atoms with van der Waals surface area (Å²) >= 11 is 0. The Morgan fingerprint density at radius 2 is 1.46 bits per heavy atom. The van der Waals surface area contributed by atoms with Crippen molar-refractivity contribution < 1.29 is 69.1 Å². The van der Waals surface area contributed by atoms with E-state index < -0.39 is 82.1 Å². The maximum atomic E-state index is 15.9. The van der Waals surface area contributed by atoms with Gasteiger partial charge >= 0.3 is 12.2 Å². The largest absolute Gasteiger partial charge is 0.453 e. The fourth-order valence-corrected chi connectivity index (χ4v) is 9.80. The summed E-state index contributed by atoms with van der Waals surface area (Å²) in [5.74, 6) is -6.45. The Kier molecular flexibility index (Phi) is 28.5. The van der Waals surface area contributed by atoms with Gasteiger partial charge in [-0.2, -0.15) is 0 Å². The van der Waals surface area contributed by atoms with Crippen molar-refractivity contribution in [1.29, 1.82) is 0 Å². The van der Waals surface area contributed by atoms with Gasteiger partial charge in [-0.1, -0.05) is 99.2 Å². The Balaban J connectivity index is 0. The number of nitrogens with two attached hydrogens (primary N) is 1. The molecule has 3 fully saturated rings. The molecule has 7 rings (SSSR count). The van der Waals surface area contributed by atoms with Gasteiger partial charge in [0.25, 0.3) is 5.92 Å². The monoisotopic (exact) mass is 1210 g/mol. The average molecular weight is 1210 g/mol. The first-order valence-corrected chi connectivity index (χ1v) is 27.2. The molecule has 0 radical (unpaired) electrons. The van der Waals surface area contributed by atoms with E-state index >= 15 is 4.39 Å². The number of anilines is 1. The van der Waals surface area contributed by atoms with Crippen molar-refractivity contribution in [2.45, 2.75) is 139 Å². The quantitative estimate of drug-likeness (QED) is 0.0454. The van der Waals surface area contributed by atoms with Crippen LogP contribution < -0.4 is 31.9 Å². The molecule has 85 heavy (non-hydrogen) atoms. The second-order valence-corrected chi connectivity index (χ2v) is 22.0. The number of nitrogens with zero attached hydrogens (tertiary/aromatic N) is 4. The minimum atomic E-state index is -3.19. The number of aromatic nitrogens is 2. The van der Waals surface area contributed by atoms with Gasteiger partial charge in [-0.05, 0) is 86.6 Å². The summed E-state index contributed by atoms with van der Waals surface area (Å²) in [6.45, 7) is 17.6. The highest BCUT2D eigenvalue weighted by Gasteiger charge is 2.61. The van der Waals surface area contributed by atoms with Crippen LogP contribution >= 0.6 is 0 Å². The molecule has 0 bridgehead atoms. The molecule has 2 aliphatic heterocycles. The predicted octanol–water partition coefficient (Wildman–Crippen LogP) is 11.0. The van der Waals surface area contributed by atoms with E-state index in [9.17, 15) is 46.2 Å². The van der Waals surface area contributed by atoms with Crippen molar-refractivity contribution in [2.24, 2.45) is 22.5 Å². The molecule has 1 saturated carbocycles. The van der Waals surface area contributed by atoms with Crippen LogP contribution in [0.5, 0.6) is 0 Å². The number of nitrogens with one attached hydrogen (secondary N) is 4. The van der Waals surface area contributed by atoms with Crippen LogP contribution in [0, 0.1) is 41.1 Å². The zero-order valence-electron chi connectivity index (χ0n) is 48.3. The maximum absolute atomic E-state index is 15.9. The normalized spacial score (nSPS) is 18.2. The second-order valence-electron chi connectivity index (χ2n) is 22.0. The van der Waals surface area contributed by atoms with E-state index in [-0.39, 0.29) is 75.4 Å². The Morgan fingerprint density at radius 3 is 1.93 bits per heavy atom. The first-order chi connectivity index (χ1) is 38.6. The summed E-state index contributed by atoms with van der Waals surface area (Å²) in [6.07, 6.45) is 3.88. The third kappa shape index (κ3) is 19.3. The Morgan fingerprint density at radius 1 is 0.871 bits per heavy atom. The third-order valence-electron chi connectivity index (χ3n) is 15.9. The molecule has 7 N–H and O–H groups in total. The molecule has 2 aromatic carbocycles. The number of halogens is 6. The number of aliphatic hydroxyl groups is 1. The standard InChI is InChI=1S/C28H36F4N4O4.C22H27N3O.C9H16F2N2O3.3CH4.3H2/c1-5-17-6-8-28(17,32)27(2,3)24(36-26(39)40-4)25(38)35-14-19(37)13-33-15-20-21(30)10-16(11-22(20)31)23-12-18(29)7-9-34-23;1-17-3-5-19(6-4-17)13-18(2)20-7-8-22(23-14-20)25-11-9-24(10-12-25)21-15-26-16-21;1-8(2,9(3,10)11)5(6(12)14)13-7(15)16-4;;;;;;/h7,9-12,17,19,24,33,37H,5-6,8,13-15H2,1-4H3,(H,35,38)(H,36,39);3-8,13-14,21H,9-12,15-16H2,1-2H3;5H,1-4H3,(H2,12,14)(H,13,15);3*1H4;3*1H/t17?,19-,24+,28?;;5-;;;;;;/m0.1....../s1. The van der Waals surface area contributed by atoms with Gasteiger partial charge in [0, 0.05) is 85.1 Å². The zero-order chi connectivity index (χ0) is 60.7. The van der Waals surface area contributed by atoms with Gasteiger partial charge in [0.2, 0.25) is 11.8 Å². The van der Waals surface area contributed by atoms with E-state index in [2.05, 4.69) is 96.5 Å². The van der Waals surface area contributed by atoms with Gasteiger partial charge in [-0.25, -0.2) is 40.9 Å². The molecule has 0 spiro atoms. The molecular weight excluding hydrogens is 1110 g/mol. The molecule has 4 aromatic rings. The van der Waals surface area contributed by atoms with Crippen molar-refractivity contribution in [1.82, 2.24) is 36.1 Å². The number of piperazine rings is 1. The number of alkyl carbamates (subject to hydrolysis) is 2. The highest BCUT2D eigenvalue weighted by Crippen LogP contribution is 2.56. The fourth-order valence-electron chi connectivity index (χ4n) is 9.80. The number of primary amides is 1. The molecule has 2 saturated heterocycles. The van der Waals surface area contributed by atoms with Gasteiger partial charge in [0.1, 0.15) is 41.0 Å². The molecule has 1 aliphatic carbocycles.